The van der Waals surface area contributed by atoms with Crippen LogP contribution in [0.4, 0.5) is 0 Å². The van der Waals surface area contributed by atoms with Crippen LogP contribution in [0.5, 0.6) is 5.75 Å². The standard InChI is InChI=1S/C8H8O2.CH2Cl2/c1-10-8-4-2-7(6-9)3-5-8;2-1-3/h2-6H,1H3;1H2. The Balaban J connectivity index is 0.000000424. The lowest BCUT2D eigenvalue weighted by Crippen LogP contribution is -1.82. The summed E-state index contributed by atoms with van der Waals surface area (Å²) in [5.74, 6) is 0.769. The number of rotatable bonds is 2. The Hall–Kier alpha value is -0.730. The molecule has 1 rings (SSSR count). The maximum atomic E-state index is 10.2. The topological polar surface area (TPSA) is 26.3 Å². The quantitative estimate of drug-likeness (QED) is 0.566. The van der Waals surface area contributed by atoms with Crippen LogP contribution in [0.2, 0.25) is 0 Å². The number of hydrogen-bond donors (Lipinski definition) is 0. The average Bonchev–Trinajstić information content (AvgIpc) is 2.19. The van der Waals surface area contributed by atoms with Crippen LogP contribution in [0.25, 0.3) is 0 Å². The molecule has 0 amide bonds. The summed E-state index contributed by atoms with van der Waals surface area (Å²) >= 11 is 9.53. The van der Waals surface area contributed by atoms with E-state index in [2.05, 4.69) is 0 Å². The Morgan fingerprint density at radius 2 is 1.77 bits per heavy atom. The van der Waals surface area contributed by atoms with Gasteiger partial charge in [-0.05, 0) is 24.3 Å². The second kappa shape index (κ2) is 7.90. The highest BCUT2D eigenvalue weighted by molar-refractivity contribution is 6.40. The van der Waals surface area contributed by atoms with Crippen LogP contribution < -0.4 is 4.74 Å². The van der Waals surface area contributed by atoms with Crippen LogP contribution in [-0.2, 0) is 0 Å². The average molecular weight is 221 g/mol. The van der Waals surface area contributed by atoms with Gasteiger partial charge in [0.1, 0.15) is 12.0 Å². The third kappa shape index (κ3) is 5.50. The van der Waals surface area contributed by atoms with Gasteiger partial charge in [-0.25, -0.2) is 0 Å². The first-order valence-corrected chi connectivity index (χ1v) is 4.56. The molecule has 0 saturated heterocycles. The predicted octanol–water partition coefficient (Wildman–Crippen LogP) is 2.93. The molecule has 72 valence electrons. The lowest BCUT2D eigenvalue weighted by Gasteiger charge is -1.96. The molecule has 2 nitrogen and oxygen atoms in total. The number of ether oxygens (including phenoxy) is 1. The monoisotopic (exact) mass is 220 g/mol. The van der Waals surface area contributed by atoms with E-state index < -0.39 is 0 Å². The first-order valence-electron chi connectivity index (χ1n) is 3.49. The van der Waals surface area contributed by atoms with E-state index in [4.69, 9.17) is 27.9 Å². The van der Waals surface area contributed by atoms with Crippen molar-refractivity contribution in [1.29, 1.82) is 0 Å². The minimum absolute atomic E-state index is 0.194. The molecule has 0 fully saturated rings. The Morgan fingerprint density at radius 3 is 2.08 bits per heavy atom. The van der Waals surface area contributed by atoms with Crippen LogP contribution >= 0.6 is 23.2 Å². The van der Waals surface area contributed by atoms with E-state index >= 15 is 0 Å². The third-order valence-corrected chi connectivity index (χ3v) is 1.25. The van der Waals surface area contributed by atoms with E-state index in [0.717, 1.165) is 12.0 Å². The fourth-order valence-corrected chi connectivity index (χ4v) is 0.682. The normalized spacial score (nSPS) is 8.23. The fourth-order valence-electron chi connectivity index (χ4n) is 0.682. The van der Waals surface area contributed by atoms with Gasteiger partial charge in [0.2, 0.25) is 0 Å². The smallest absolute Gasteiger partial charge is 0.150 e. The Kier molecular flexibility index (Phi) is 7.45. The lowest BCUT2D eigenvalue weighted by atomic mass is 10.2. The molecule has 0 aliphatic heterocycles. The highest BCUT2D eigenvalue weighted by Gasteiger charge is 1.89. The number of hydrogen-bond acceptors (Lipinski definition) is 2. The van der Waals surface area contributed by atoms with Gasteiger partial charge in [-0.3, -0.25) is 4.79 Å². The molecule has 0 unspecified atom stereocenters. The molecule has 4 heteroatoms. The van der Waals surface area contributed by atoms with Crippen molar-refractivity contribution in [2.45, 2.75) is 0 Å². The molecular weight excluding hydrogens is 211 g/mol. The molecule has 1 aromatic rings. The van der Waals surface area contributed by atoms with Crippen molar-refractivity contribution in [3.63, 3.8) is 0 Å². The van der Waals surface area contributed by atoms with Crippen molar-refractivity contribution in [3.8, 4) is 5.75 Å². The molecule has 0 aromatic heterocycles. The van der Waals surface area contributed by atoms with Gasteiger partial charge >= 0.3 is 0 Å². The molecule has 0 radical (unpaired) electrons. The summed E-state index contributed by atoms with van der Waals surface area (Å²) in [6, 6.07) is 6.94. The number of carbonyl (C=O) groups excluding carboxylic acids is 1. The maximum Gasteiger partial charge on any atom is 0.150 e. The van der Waals surface area contributed by atoms with Gasteiger partial charge in [0.25, 0.3) is 0 Å². The number of carbonyl (C=O) groups is 1. The molecule has 0 N–H and O–H groups in total. The molecule has 0 saturated carbocycles. The molecule has 1 aromatic carbocycles. The number of alkyl halides is 2. The molecular formula is C9H10Cl2O2. The van der Waals surface area contributed by atoms with E-state index in [1.54, 1.807) is 31.4 Å². The van der Waals surface area contributed by atoms with Crippen molar-refractivity contribution < 1.29 is 9.53 Å². The largest absolute Gasteiger partial charge is 0.497 e. The second-order valence-corrected chi connectivity index (χ2v) is 2.80. The molecule has 0 heterocycles. The second-order valence-electron chi connectivity index (χ2n) is 1.99. The Morgan fingerprint density at radius 1 is 1.31 bits per heavy atom. The van der Waals surface area contributed by atoms with Crippen LogP contribution in [0.1, 0.15) is 10.4 Å². The van der Waals surface area contributed by atoms with Gasteiger partial charge in [-0.15, -0.1) is 23.2 Å². The van der Waals surface area contributed by atoms with E-state index in [9.17, 15) is 4.79 Å². The zero-order valence-corrected chi connectivity index (χ0v) is 8.68. The predicted molar refractivity (Wildman–Crippen MR) is 55.0 cm³/mol. The first kappa shape index (κ1) is 12.3. The Labute approximate surface area is 87.4 Å². The van der Waals surface area contributed by atoms with E-state index in [1.807, 2.05) is 0 Å². The zero-order chi connectivity index (χ0) is 10.1. The van der Waals surface area contributed by atoms with Gasteiger partial charge in [0.05, 0.1) is 12.4 Å². The van der Waals surface area contributed by atoms with Crippen molar-refractivity contribution >= 4 is 29.5 Å². The van der Waals surface area contributed by atoms with Crippen molar-refractivity contribution in [1.82, 2.24) is 0 Å². The minimum atomic E-state index is 0.194. The van der Waals surface area contributed by atoms with Gasteiger partial charge in [-0.1, -0.05) is 0 Å². The van der Waals surface area contributed by atoms with E-state index in [0.29, 0.717) is 5.56 Å². The fraction of sp³-hybridized carbons (Fsp3) is 0.222. The van der Waals surface area contributed by atoms with Gasteiger partial charge in [-0.2, -0.15) is 0 Å². The van der Waals surface area contributed by atoms with Crippen molar-refractivity contribution in [2.75, 3.05) is 12.4 Å². The van der Waals surface area contributed by atoms with Gasteiger partial charge in [0.15, 0.2) is 0 Å². The summed E-state index contributed by atoms with van der Waals surface area (Å²) in [5, 5.41) is 0.194. The molecule has 0 aliphatic carbocycles. The summed E-state index contributed by atoms with van der Waals surface area (Å²) in [7, 11) is 1.59. The number of aldehydes is 1. The van der Waals surface area contributed by atoms with Crippen LogP contribution in [0.3, 0.4) is 0 Å². The maximum absolute atomic E-state index is 10.2. The van der Waals surface area contributed by atoms with Crippen molar-refractivity contribution in [2.24, 2.45) is 0 Å². The summed E-state index contributed by atoms with van der Waals surface area (Å²) in [6.07, 6.45) is 0.805. The van der Waals surface area contributed by atoms with E-state index in [1.165, 1.54) is 0 Å². The van der Waals surface area contributed by atoms with Crippen LogP contribution in [0.15, 0.2) is 24.3 Å². The SMILES string of the molecule is COc1ccc(C=O)cc1.ClCCl. The summed E-state index contributed by atoms with van der Waals surface area (Å²) < 4.78 is 4.90. The van der Waals surface area contributed by atoms with Gasteiger partial charge in [0, 0.05) is 5.56 Å². The summed E-state index contributed by atoms with van der Waals surface area (Å²) in [6.45, 7) is 0. The number of halogens is 2. The highest BCUT2D eigenvalue weighted by Crippen LogP contribution is 2.09. The molecule has 0 aliphatic rings. The molecule has 13 heavy (non-hydrogen) atoms. The first-order chi connectivity index (χ1) is 6.28. The molecule has 0 atom stereocenters. The van der Waals surface area contributed by atoms with Crippen LogP contribution in [-0.4, -0.2) is 18.7 Å². The van der Waals surface area contributed by atoms with Crippen molar-refractivity contribution in [3.05, 3.63) is 29.8 Å². The van der Waals surface area contributed by atoms with Gasteiger partial charge < -0.3 is 4.74 Å². The summed E-state index contributed by atoms with van der Waals surface area (Å²) in [4.78, 5) is 10.2. The highest BCUT2D eigenvalue weighted by atomic mass is 35.5. The lowest BCUT2D eigenvalue weighted by molar-refractivity contribution is 0.112. The molecule has 0 bridgehead atoms. The molecule has 0 spiro atoms. The minimum Gasteiger partial charge on any atom is -0.497 e. The number of methoxy groups -OCH3 is 1. The summed E-state index contributed by atoms with van der Waals surface area (Å²) in [5.41, 5.74) is 0.667. The Bertz CT molecular complexity index is 234. The zero-order valence-electron chi connectivity index (χ0n) is 7.17. The van der Waals surface area contributed by atoms with E-state index in [-0.39, 0.29) is 5.34 Å². The van der Waals surface area contributed by atoms with Crippen LogP contribution in [0, 0.1) is 0 Å². The number of benzene rings is 1. The third-order valence-electron chi connectivity index (χ3n) is 1.25.